The van der Waals surface area contributed by atoms with Crippen LogP contribution in [0.4, 0.5) is 0 Å². The molecule has 0 spiro atoms. The summed E-state index contributed by atoms with van der Waals surface area (Å²) in [5.41, 5.74) is 6.26. The van der Waals surface area contributed by atoms with Crippen LogP contribution in [0.25, 0.3) is 0 Å². The van der Waals surface area contributed by atoms with Crippen molar-refractivity contribution in [2.75, 3.05) is 13.6 Å². The zero-order valence-electron chi connectivity index (χ0n) is 20.1. The molecular weight excluding hydrogens is 372 g/mol. The number of aryl methyl sites for hydroxylation is 2. The Labute approximate surface area is 182 Å². The average molecular weight is 413 g/mol. The molecular formula is C24H40N6. The Bertz CT molecular complexity index is 836. The molecule has 1 aromatic heterocycles. The number of nitrogens with one attached hydrogen (secondary N) is 2. The molecule has 0 aliphatic heterocycles. The minimum atomic E-state index is 0.256. The molecule has 1 atom stereocenters. The van der Waals surface area contributed by atoms with Gasteiger partial charge in [-0.3, -0.25) is 9.58 Å². The van der Waals surface area contributed by atoms with Crippen molar-refractivity contribution in [1.29, 1.82) is 0 Å². The molecule has 1 unspecified atom stereocenters. The minimum Gasteiger partial charge on any atom is -0.357 e. The van der Waals surface area contributed by atoms with E-state index in [9.17, 15) is 0 Å². The summed E-state index contributed by atoms with van der Waals surface area (Å²) < 4.78 is 1.96. The molecule has 0 fully saturated rings. The molecule has 6 heteroatoms. The van der Waals surface area contributed by atoms with E-state index in [1.807, 2.05) is 11.7 Å². The van der Waals surface area contributed by atoms with Crippen LogP contribution in [0, 0.1) is 13.8 Å². The highest BCUT2D eigenvalue weighted by Gasteiger charge is 2.14. The number of hydrogen-bond acceptors (Lipinski definition) is 3. The van der Waals surface area contributed by atoms with E-state index >= 15 is 0 Å². The summed E-state index contributed by atoms with van der Waals surface area (Å²) in [4.78, 5) is 7.24. The van der Waals surface area contributed by atoms with Crippen molar-refractivity contribution in [3.05, 3.63) is 52.3 Å². The smallest absolute Gasteiger partial charge is 0.191 e. The van der Waals surface area contributed by atoms with Gasteiger partial charge in [-0.15, -0.1) is 0 Å². The molecule has 0 radical (unpaired) electrons. The second kappa shape index (κ2) is 11.2. The lowest BCUT2D eigenvalue weighted by Crippen LogP contribution is -2.43. The molecule has 0 aliphatic rings. The van der Waals surface area contributed by atoms with Crippen LogP contribution in [0.1, 0.15) is 55.8 Å². The van der Waals surface area contributed by atoms with E-state index in [1.54, 1.807) is 0 Å². The lowest BCUT2D eigenvalue weighted by Gasteiger charge is -2.22. The Morgan fingerprint density at radius 2 is 1.83 bits per heavy atom. The predicted molar refractivity (Wildman–Crippen MR) is 127 cm³/mol. The highest BCUT2D eigenvalue weighted by Crippen LogP contribution is 2.15. The number of aliphatic imine (C=N–C) groups is 1. The fraction of sp³-hybridized carbons (Fsp3) is 0.583. The summed E-state index contributed by atoms with van der Waals surface area (Å²) >= 11 is 0. The second-order valence-corrected chi connectivity index (χ2v) is 8.50. The van der Waals surface area contributed by atoms with Crippen LogP contribution < -0.4 is 10.6 Å². The highest BCUT2D eigenvalue weighted by atomic mass is 15.3. The van der Waals surface area contributed by atoms with E-state index in [0.29, 0.717) is 12.6 Å². The van der Waals surface area contributed by atoms with Gasteiger partial charge in [0.25, 0.3) is 0 Å². The van der Waals surface area contributed by atoms with Crippen molar-refractivity contribution >= 4 is 5.96 Å². The van der Waals surface area contributed by atoms with Gasteiger partial charge in [0.2, 0.25) is 0 Å². The van der Waals surface area contributed by atoms with Gasteiger partial charge in [0.1, 0.15) is 0 Å². The summed E-state index contributed by atoms with van der Waals surface area (Å²) in [5, 5.41) is 11.5. The summed E-state index contributed by atoms with van der Waals surface area (Å²) in [7, 11) is 4.17. The Morgan fingerprint density at radius 3 is 2.40 bits per heavy atom. The average Bonchev–Trinajstić information content (AvgIpc) is 2.93. The standard InChI is InChI=1S/C24H40N6/c1-9-25-24(27-18(4)14-23-19(5)28-30(8)20(23)6)26-15-21-12-10-11-13-22(21)16-29(7)17(2)3/h10-13,17-18H,9,14-16H2,1-8H3,(H2,25,26,27). The first kappa shape index (κ1) is 23.9. The molecule has 0 saturated carbocycles. The molecule has 0 aliphatic carbocycles. The Kier molecular flexibility index (Phi) is 8.90. The Hall–Kier alpha value is -2.34. The molecule has 0 saturated heterocycles. The van der Waals surface area contributed by atoms with Gasteiger partial charge in [-0.05, 0) is 71.7 Å². The zero-order valence-corrected chi connectivity index (χ0v) is 20.1. The molecule has 30 heavy (non-hydrogen) atoms. The number of guanidine groups is 1. The van der Waals surface area contributed by atoms with E-state index in [1.165, 1.54) is 22.4 Å². The van der Waals surface area contributed by atoms with Crippen molar-refractivity contribution in [1.82, 2.24) is 25.3 Å². The quantitative estimate of drug-likeness (QED) is 0.488. The van der Waals surface area contributed by atoms with E-state index in [-0.39, 0.29) is 6.04 Å². The topological polar surface area (TPSA) is 57.5 Å². The predicted octanol–water partition coefficient (Wildman–Crippen LogP) is 3.56. The third kappa shape index (κ3) is 6.59. The minimum absolute atomic E-state index is 0.256. The first-order valence-electron chi connectivity index (χ1n) is 11.0. The summed E-state index contributed by atoms with van der Waals surface area (Å²) in [5.74, 6) is 0.858. The van der Waals surface area contributed by atoms with Crippen LogP contribution in [0.3, 0.4) is 0 Å². The lowest BCUT2D eigenvalue weighted by molar-refractivity contribution is 0.265. The normalized spacial score (nSPS) is 13.2. The molecule has 2 aromatic rings. The van der Waals surface area contributed by atoms with E-state index in [0.717, 1.165) is 31.2 Å². The second-order valence-electron chi connectivity index (χ2n) is 8.50. The number of rotatable bonds is 9. The fourth-order valence-corrected chi connectivity index (χ4v) is 3.51. The van der Waals surface area contributed by atoms with Crippen molar-refractivity contribution in [2.24, 2.45) is 12.0 Å². The van der Waals surface area contributed by atoms with E-state index < -0.39 is 0 Å². The SMILES string of the molecule is CCNC(=NCc1ccccc1CN(C)C(C)C)NC(C)Cc1c(C)nn(C)c1C. The van der Waals surface area contributed by atoms with Crippen LogP contribution >= 0.6 is 0 Å². The van der Waals surface area contributed by atoms with Gasteiger partial charge in [0, 0.05) is 37.9 Å². The van der Waals surface area contributed by atoms with Crippen LogP contribution in [0.2, 0.25) is 0 Å². The molecule has 0 bridgehead atoms. The van der Waals surface area contributed by atoms with Crippen LogP contribution in [0.15, 0.2) is 29.3 Å². The molecule has 1 heterocycles. The maximum absolute atomic E-state index is 4.88. The maximum Gasteiger partial charge on any atom is 0.191 e. The van der Waals surface area contributed by atoms with Crippen LogP contribution in [0.5, 0.6) is 0 Å². The van der Waals surface area contributed by atoms with Gasteiger partial charge in [0.05, 0.1) is 12.2 Å². The molecule has 166 valence electrons. The summed E-state index contributed by atoms with van der Waals surface area (Å²) in [6, 6.07) is 9.37. The monoisotopic (exact) mass is 412 g/mol. The highest BCUT2D eigenvalue weighted by molar-refractivity contribution is 5.80. The van der Waals surface area contributed by atoms with Crippen LogP contribution in [-0.4, -0.2) is 46.3 Å². The number of benzene rings is 1. The fourth-order valence-electron chi connectivity index (χ4n) is 3.51. The molecule has 2 rings (SSSR count). The number of aromatic nitrogens is 2. The number of hydrogen-bond donors (Lipinski definition) is 2. The molecule has 1 aromatic carbocycles. The molecule has 6 nitrogen and oxygen atoms in total. The van der Waals surface area contributed by atoms with Gasteiger partial charge >= 0.3 is 0 Å². The number of nitrogens with zero attached hydrogens (tertiary/aromatic N) is 4. The summed E-state index contributed by atoms with van der Waals surface area (Å²) in [6.45, 7) is 15.4. The van der Waals surface area contributed by atoms with E-state index in [2.05, 4.69) is 93.5 Å². The summed E-state index contributed by atoms with van der Waals surface area (Å²) in [6.07, 6.45) is 0.922. The third-order valence-corrected chi connectivity index (χ3v) is 5.72. The van der Waals surface area contributed by atoms with Crippen molar-refractivity contribution in [3.63, 3.8) is 0 Å². The van der Waals surface area contributed by atoms with Crippen molar-refractivity contribution in [2.45, 2.75) is 73.1 Å². The Morgan fingerprint density at radius 1 is 1.17 bits per heavy atom. The van der Waals surface area contributed by atoms with Gasteiger partial charge in [-0.25, -0.2) is 4.99 Å². The molecule has 0 amide bonds. The lowest BCUT2D eigenvalue weighted by atomic mass is 10.1. The van der Waals surface area contributed by atoms with Gasteiger partial charge in [-0.1, -0.05) is 24.3 Å². The van der Waals surface area contributed by atoms with Crippen LogP contribution in [-0.2, 0) is 26.6 Å². The van der Waals surface area contributed by atoms with E-state index in [4.69, 9.17) is 4.99 Å². The van der Waals surface area contributed by atoms with Crippen molar-refractivity contribution in [3.8, 4) is 0 Å². The first-order valence-corrected chi connectivity index (χ1v) is 11.0. The van der Waals surface area contributed by atoms with Gasteiger partial charge < -0.3 is 10.6 Å². The molecule has 2 N–H and O–H groups in total. The maximum atomic E-state index is 4.88. The van der Waals surface area contributed by atoms with Crippen molar-refractivity contribution < 1.29 is 0 Å². The largest absolute Gasteiger partial charge is 0.357 e. The van der Waals surface area contributed by atoms with Gasteiger partial charge in [-0.2, -0.15) is 5.10 Å². The van der Waals surface area contributed by atoms with Gasteiger partial charge in [0.15, 0.2) is 5.96 Å². The zero-order chi connectivity index (χ0) is 22.3. The third-order valence-electron chi connectivity index (χ3n) is 5.72. The Balaban J connectivity index is 2.09. The first-order chi connectivity index (χ1) is 14.2.